The van der Waals surface area contributed by atoms with E-state index in [1.165, 1.54) is 0 Å². The number of para-hydroxylation sites is 1. The topological polar surface area (TPSA) is 38.3 Å². The molecule has 0 radical (unpaired) electrons. The maximum Gasteiger partial charge on any atom is 0.317 e. The van der Waals surface area contributed by atoms with Crippen LogP contribution in [0.5, 0.6) is 5.75 Å². The first-order valence-corrected chi connectivity index (χ1v) is 6.69. The van der Waals surface area contributed by atoms with E-state index in [1.54, 1.807) is 0 Å². The summed E-state index contributed by atoms with van der Waals surface area (Å²) in [5.41, 5.74) is -0.265. The van der Waals surface area contributed by atoms with E-state index in [1.807, 2.05) is 37.4 Å². The second kappa shape index (κ2) is 6.01. The number of carbonyl (C=O) groups excluding carboxylic acids is 1. The highest BCUT2D eigenvalue weighted by molar-refractivity contribution is 5.79. The van der Waals surface area contributed by atoms with Crippen molar-refractivity contribution in [1.82, 2.24) is 5.32 Å². The average molecular weight is 247 g/mol. The van der Waals surface area contributed by atoms with Gasteiger partial charge in [0.05, 0.1) is 5.41 Å². The Morgan fingerprint density at radius 3 is 2.56 bits per heavy atom. The van der Waals surface area contributed by atoms with Gasteiger partial charge in [-0.05, 0) is 45.0 Å². The van der Waals surface area contributed by atoms with Gasteiger partial charge in [-0.2, -0.15) is 0 Å². The second-order valence-corrected chi connectivity index (χ2v) is 5.04. The summed E-state index contributed by atoms with van der Waals surface area (Å²) < 4.78 is 5.53. The lowest BCUT2D eigenvalue weighted by Gasteiger charge is -2.26. The first kappa shape index (κ1) is 13.1. The SMILES string of the molecule is CNCCC1(C(=O)Oc2ccccc2)CCCC1. The molecule has 1 fully saturated rings. The van der Waals surface area contributed by atoms with Crippen LogP contribution in [0, 0.1) is 5.41 Å². The Bertz CT molecular complexity index is 383. The average Bonchev–Trinajstić information content (AvgIpc) is 2.87. The van der Waals surface area contributed by atoms with Crippen molar-refractivity contribution in [1.29, 1.82) is 0 Å². The van der Waals surface area contributed by atoms with Gasteiger partial charge in [-0.3, -0.25) is 4.79 Å². The lowest BCUT2D eigenvalue weighted by molar-refractivity contribution is -0.146. The Balaban J connectivity index is 2.04. The largest absolute Gasteiger partial charge is 0.426 e. The van der Waals surface area contributed by atoms with Gasteiger partial charge in [-0.15, -0.1) is 0 Å². The van der Waals surface area contributed by atoms with Crippen LogP contribution in [0.4, 0.5) is 0 Å². The monoisotopic (exact) mass is 247 g/mol. The van der Waals surface area contributed by atoms with E-state index >= 15 is 0 Å². The fourth-order valence-corrected chi connectivity index (χ4v) is 2.68. The van der Waals surface area contributed by atoms with Crippen LogP contribution in [-0.2, 0) is 4.79 Å². The maximum absolute atomic E-state index is 12.4. The van der Waals surface area contributed by atoms with Gasteiger partial charge in [-0.1, -0.05) is 31.0 Å². The molecule has 0 heterocycles. The third kappa shape index (κ3) is 2.91. The summed E-state index contributed by atoms with van der Waals surface area (Å²) >= 11 is 0. The van der Waals surface area contributed by atoms with Crippen LogP contribution >= 0.6 is 0 Å². The number of carbonyl (C=O) groups is 1. The molecule has 1 N–H and O–H groups in total. The van der Waals surface area contributed by atoms with E-state index in [0.29, 0.717) is 5.75 Å². The van der Waals surface area contributed by atoms with Gasteiger partial charge in [0.25, 0.3) is 0 Å². The maximum atomic E-state index is 12.4. The molecule has 0 amide bonds. The Morgan fingerprint density at radius 2 is 1.94 bits per heavy atom. The summed E-state index contributed by atoms with van der Waals surface area (Å²) in [7, 11) is 1.92. The van der Waals surface area contributed by atoms with Crippen molar-refractivity contribution in [3.8, 4) is 5.75 Å². The molecule has 1 aromatic rings. The highest BCUT2D eigenvalue weighted by Gasteiger charge is 2.42. The molecule has 0 spiro atoms. The van der Waals surface area contributed by atoms with E-state index in [-0.39, 0.29) is 11.4 Å². The van der Waals surface area contributed by atoms with Gasteiger partial charge in [0.1, 0.15) is 5.75 Å². The van der Waals surface area contributed by atoms with Crippen molar-refractivity contribution in [3.05, 3.63) is 30.3 Å². The first-order valence-electron chi connectivity index (χ1n) is 6.69. The Labute approximate surface area is 109 Å². The molecule has 0 saturated heterocycles. The molecule has 3 heteroatoms. The minimum atomic E-state index is -0.265. The second-order valence-electron chi connectivity index (χ2n) is 5.04. The van der Waals surface area contributed by atoms with Crippen LogP contribution in [-0.4, -0.2) is 19.6 Å². The summed E-state index contributed by atoms with van der Waals surface area (Å²) in [5, 5.41) is 3.13. The Morgan fingerprint density at radius 1 is 1.28 bits per heavy atom. The van der Waals surface area contributed by atoms with E-state index in [9.17, 15) is 4.79 Å². The van der Waals surface area contributed by atoms with Crippen LogP contribution in [0.3, 0.4) is 0 Å². The van der Waals surface area contributed by atoms with Crippen molar-refractivity contribution in [2.24, 2.45) is 5.41 Å². The van der Waals surface area contributed by atoms with Crippen LogP contribution in [0.25, 0.3) is 0 Å². The smallest absolute Gasteiger partial charge is 0.317 e. The number of hydrogen-bond donors (Lipinski definition) is 1. The first-order chi connectivity index (χ1) is 8.77. The molecule has 18 heavy (non-hydrogen) atoms. The third-order valence-corrected chi connectivity index (χ3v) is 3.80. The van der Waals surface area contributed by atoms with Gasteiger partial charge >= 0.3 is 5.97 Å². The quantitative estimate of drug-likeness (QED) is 0.642. The zero-order chi connectivity index (χ0) is 12.8. The van der Waals surface area contributed by atoms with Crippen molar-refractivity contribution in [2.45, 2.75) is 32.1 Å². The highest BCUT2D eigenvalue weighted by Crippen LogP contribution is 2.42. The van der Waals surface area contributed by atoms with Crippen molar-refractivity contribution in [2.75, 3.05) is 13.6 Å². The lowest BCUT2D eigenvalue weighted by atomic mass is 9.82. The molecule has 1 saturated carbocycles. The molecule has 2 rings (SSSR count). The van der Waals surface area contributed by atoms with Gasteiger partial charge in [0, 0.05) is 0 Å². The number of ether oxygens (including phenoxy) is 1. The summed E-state index contributed by atoms with van der Waals surface area (Å²) in [5.74, 6) is 0.597. The van der Waals surface area contributed by atoms with Gasteiger partial charge in [0.2, 0.25) is 0 Å². The molecule has 0 unspecified atom stereocenters. The number of rotatable bonds is 5. The van der Waals surface area contributed by atoms with Gasteiger partial charge in [-0.25, -0.2) is 0 Å². The molecular weight excluding hydrogens is 226 g/mol. The standard InChI is InChI=1S/C15H21NO2/c1-16-12-11-15(9-5-6-10-15)14(17)18-13-7-3-2-4-8-13/h2-4,7-8,16H,5-6,9-12H2,1H3. The number of hydrogen-bond acceptors (Lipinski definition) is 3. The number of benzene rings is 1. The lowest BCUT2D eigenvalue weighted by Crippen LogP contribution is -2.35. The Hall–Kier alpha value is -1.35. The van der Waals surface area contributed by atoms with E-state index < -0.39 is 0 Å². The van der Waals surface area contributed by atoms with Gasteiger partial charge < -0.3 is 10.1 Å². The molecule has 1 aliphatic rings. The van der Waals surface area contributed by atoms with Crippen LogP contribution in [0.15, 0.2) is 30.3 Å². The zero-order valence-electron chi connectivity index (χ0n) is 10.9. The van der Waals surface area contributed by atoms with Gasteiger partial charge in [0.15, 0.2) is 0 Å². The van der Waals surface area contributed by atoms with Crippen LogP contribution < -0.4 is 10.1 Å². The minimum absolute atomic E-state index is 0.0542. The van der Waals surface area contributed by atoms with Crippen molar-refractivity contribution in [3.63, 3.8) is 0 Å². The summed E-state index contributed by atoms with van der Waals surface area (Å²) in [4.78, 5) is 12.4. The van der Waals surface area contributed by atoms with E-state index in [0.717, 1.165) is 38.6 Å². The molecule has 0 aliphatic heterocycles. The van der Waals surface area contributed by atoms with Crippen LogP contribution in [0.1, 0.15) is 32.1 Å². The number of esters is 1. The van der Waals surface area contributed by atoms with E-state index in [4.69, 9.17) is 4.74 Å². The van der Waals surface area contributed by atoms with Crippen LogP contribution in [0.2, 0.25) is 0 Å². The molecule has 0 aromatic heterocycles. The number of nitrogens with one attached hydrogen (secondary N) is 1. The molecule has 98 valence electrons. The molecule has 0 atom stereocenters. The zero-order valence-corrected chi connectivity index (χ0v) is 10.9. The molecule has 0 bridgehead atoms. The third-order valence-electron chi connectivity index (χ3n) is 3.80. The molecule has 3 nitrogen and oxygen atoms in total. The van der Waals surface area contributed by atoms with Crippen molar-refractivity contribution >= 4 is 5.97 Å². The predicted molar refractivity (Wildman–Crippen MR) is 71.5 cm³/mol. The molecular formula is C15H21NO2. The fourth-order valence-electron chi connectivity index (χ4n) is 2.68. The molecule has 1 aromatic carbocycles. The highest BCUT2D eigenvalue weighted by atomic mass is 16.5. The predicted octanol–water partition coefficient (Wildman–Crippen LogP) is 2.76. The fraction of sp³-hybridized carbons (Fsp3) is 0.533. The van der Waals surface area contributed by atoms with Crippen molar-refractivity contribution < 1.29 is 9.53 Å². The summed E-state index contributed by atoms with van der Waals surface area (Å²) in [6, 6.07) is 9.36. The summed E-state index contributed by atoms with van der Waals surface area (Å²) in [6.07, 6.45) is 5.05. The minimum Gasteiger partial charge on any atom is -0.426 e. The molecule has 1 aliphatic carbocycles. The normalized spacial score (nSPS) is 17.6. The van der Waals surface area contributed by atoms with E-state index in [2.05, 4.69) is 5.32 Å². The Kier molecular flexibility index (Phi) is 4.37. The summed E-state index contributed by atoms with van der Waals surface area (Å²) in [6.45, 7) is 0.865.